The molecule has 0 heterocycles. The van der Waals surface area contributed by atoms with Gasteiger partial charge in [0.2, 0.25) is 0 Å². The minimum atomic E-state index is -0.887. The van der Waals surface area contributed by atoms with Gasteiger partial charge in [0.25, 0.3) is 0 Å². The molecule has 2 aromatic carbocycles. The van der Waals surface area contributed by atoms with E-state index >= 15 is 0 Å². The van der Waals surface area contributed by atoms with Crippen molar-refractivity contribution in [2.75, 3.05) is 7.11 Å². The van der Waals surface area contributed by atoms with Gasteiger partial charge in [0, 0.05) is 16.2 Å². The Morgan fingerprint density at radius 2 is 2.00 bits per heavy atom. The Morgan fingerprint density at radius 1 is 1.25 bits per heavy atom. The van der Waals surface area contributed by atoms with Crippen LogP contribution in [0.15, 0.2) is 47.4 Å². The molecule has 0 unspecified atom stereocenters. The molecule has 3 nitrogen and oxygen atoms in total. The van der Waals surface area contributed by atoms with Crippen molar-refractivity contribution >= 4 is 17.7 Å². The van der Waals surface area contributed by atoms with Gasteiger partial charge in [-0.25, -0.2) is 4.79 Å². The lowest BCUT2D eigenvalue weighted by Gasteiger charge is -2.09. The number of hydrogen-bond acceptors (Lipinski definition) is 3. The number of carboxylic acids is 1. The van der Waals surface area contributed by atoms with Crippen molar-refractivity contribution in [3.63, 3.8) is 0 Å². The van der Waals surface area contributed by atoms with Crippen LogP contribution in [0.4, 0.5) is 0 Å². The summed E-state index contributed by atoms with van der Waals surface area (Å²) >= 11 is 1.60. The molecule has 0 atom stereocenters. The van der Waals surface area contributed by atoms with E-state index in [1.54, 1.807) is 31.9 Å². The summed E-state index contributed by atoms with van der Waals surface area (Å²) in [6.07, 6.45) is 0. The average molecular weight is 288 g/mol. The summed E-state index contributed by atoms with van der Waals surface area (Å²) in [5.41, 5.74) is 2.23. The molecule has 0 aromatic heterocycles. The molecule has 0 spiro atoms. The van der Waals surface area contributed by atoms with Crippen LogP contribution in [-0.4, -0.2) is 18.2 Å². The quantitative estimate of drug-likeness (QED) is 0.845. The van der Waals surface area contributed by atoms with E-state index < -0.39 is 5.97 Å². The molecule has 1 N–H and O–H groups in total. The molecule has 0 aliphatic heterocycles. The average Bonchev–Trinajstić information content (AvgIpc) is 2.46. The summed E-state index contributed by atoms with van der Waals surface area (Å²) in [6.45, 7) is 1.80. The second kappa shape index (κ2) is 6.48. The molecule has 0 aliphatic rings. The lowest BCUT2D eigenvalue weighted by molar-refractivity contribution is 0.0696. The van der Waals surface area contributed by atoms with Gasteiger partial charge in [-0.05, 0) is 30.7 Å². The van der Waals surface area contributed by atoms with Crippen LogP contribution in [0.1, 0.15) is 21.5 Å². The molecule has 0 bridgehead atoms. The molecule has 0 saturated heterocycles. The molecular weight excluding hydrogens is 272 g/mol. The predicted molar refractivity (Wildman–Crippen MR) is 80.7 cm³/mol. The summed E-state index contributed by atoms with van der Waals surface area (Å²) in [7, 11) is 1.65. The van der Waals surface area contributed by atoms with Crippen LogP contribution in [0.2, 0.25) is 0 Å². The fourth-order valence-corrected chi connectivity index (χ4v) is 2.83. The number of aromatic carboxylic acids is 1. The Balaban J connectivity index is 2.15. The predicted octanol–water partition coefficient (Wildman–Crippen LogP) is 3.99. The van der Waals surface area contributed by atoms with Gasteiger partial charge in [-0.1, -0.05) is 24.3 Å². The van der Waals surface area contributed by atoms with Crippen LogP contribution in [0.3, 0.4) is 0 Å². The Kier molecular flexibility index (Phi) is 4.69. The van der Waals surface area contributed by atoms with Crippen LogP contribution in [-0.2, 0) is 5.75 Å². The van der Waals surface area contributed by atoms with E-state index in [9.17, 15) is 4.79 Å². The number of para-hydroxylation sites is 1. The van der Waals surface area contributed by atoms with Crippen LogP contribution in [0, 0.1) is 6.92 Å². The second-order valence-electron chi connectivity index (χ2n) is 4.38. The molecule has 20 heavy (non-hydrogen) atoms. The van der Waals surface area contributed by atoms with Crippen molar-refractivity contribution in [3.05, 3.63) is 59.2 Å². The second-order valence-corrected chi connectivity index (χ2v) is 5.43. The number of rotatable bonds is 5. The Bertz CT molecular complexity index is 623. The third-order valence-electron chi connectivity index (χ3n) is 3.03. The smallest absolute Gasteiger partial charge is 0.335 e. The summed E-state index contributed by atoms with van der Waals surface area (Å²) < 4.78 is 5.31. The maximum absolute atomic E-state index is 11.1. The normalized spacial score (nSPS) is 10.3. The molecule has 0 amide bonds. The molecule has 0 aliphatic carbocycles. The third kappa shape index (κ3) is 3.33. The lowest BCUT2D eigenvalue weighted by Crippen LogP contribution is -1.99. The van der Waals surface area contributed by atoms with Crippen molar-refractivity contribution in [2.24, 2.45) is 0 Å². The van der Waals surface area contributed by atoms with E-state index in [4.69, 9.17) is 9.84 Å². The summed E-state index contributed by atoms with van der Waals surface area (Å²) in [4.78, 5) is 12.1. The SMILES string of the molecule is COc1ccccc1CSc1ccc(C)c(C(=O)O)c1. The number of thioether (sulfide) groups is 1. The largest absolute Gasteiger partial charge is 0.496 e. The number of carbonyl (C=O) groups is 1. The first-order valence-electron chi connectivity index (χ1n) is 6.20. The van der Waals surface area contributed by atoms with E-state index in [1.807, 2.05) is 36.4 Å². The van der Waals surface area contributed by atoms with Gasteiger partial charge in [-0.15, -0.1) is 11.8 Å². The van der Waals surface area contributed by atoms with E-state index in [0.29, 0.717) is 5.56 Å². The minimum absolute atomic E-state index is 0.357. The highest BCUT2D eigenvalue weighted by molar-refractivity contribution is 7.98. The number of benzene rings is 2. The summed E-state index contributed by atoms with van der Waals surface area (Å²) in [5, 5.41) is 9.13. The van der Waals surface area contributed by atoms with Crippen molar-refractivity contribution in [1.82, 2.24) is 0 Å². The van der Waals surface area contributed by atoms with Crippen LogP contribution in [0.5, 0.6) is 5.75 Å². The number of methoxy groups -OCH3 is 1. The highest BCUT2D eigenvalue weighted by atomic mass is 32.2. The van der Waals surface area contributed by atoms with Gasteiger partial charge in [0.15, 0.2) is 0 Å². The van der Waals surface area contributed by atoms with E-state index in [-0.39, 0.29) is 0 Å². The first-order valence-corrected chi connectivity index (χ1v) is 7.19. The highest BCUT2D eigenvalue weighted by Crippen LogP contribution is 2.29. The third-order valence-corrected chi connectivity index (χ3v) is 4.07. The molecule has 4 heteroatoms. The van der Waals surface area contributed by atoms with Crippen molar-refractivity contribution in [1.29, 1.82) is 0 Å². The first-order chi connectivity index (χ1) is 9.61. The van der Waals surface area contributed by atoms with Gasteiger partial charge < -0.3 is 9.84 Å². The van der Waals surface area contributed by atoms with Crippen molar-refractivity contribution in [3.8, 4) is 5.75 Å². The number of hydrogen-bond donors (Lipinski definition) is 1. The van der Waals surface area contributed by atoms with Crippen LogP contribution in [0.25, 0.3) is 0 Å². The summed E-state index contributed by atoms with van der Waals surface area (Å²) in [6, 6.07) is 13.3. The van der Waals surface area contributed by atoms with Gasteiger partial charge in [0.05, 0.1) is 12.7 Å². The standard InChI is InChI=1S/C16H16O3S/c1-11-7-8-13(9-14(11)16(17)18)20-10-12-5-3-4-6-15(12)19-2/h3-9H,10H2,1-2H3,(H,17,18). The number of aryl methyl sites for hydroxylation is 1. The van der Waals surface area contributed by atoms with Gasteiger partial charge in [-0.2, -0.15) is 0 Å². The zero-order valence-corrected chi connectivity index (χ0v) is 12.2. The minimum Gasteiger partial charge on any atom is -0.496 e. The van der Waals surface area contributed by atoms with Crippen molar-refractivity contribution < 1.29 is 14.6 Å². The molecule has 2 rings (SSSR count). The Morgan fingerprint density at radius 3 is 2.70 bits per heavy atom. The fourth-order valence-electron chi connectivity index (χ4n) is 1.90. The maximum atomic E-state index is 11.1. The summed E-state index contributed by atoms with van der Waals surface area (Å²) in [5.74, 6) is 0.708. The topological polar surface area (TPSA) is 46.5 Å². The van der Waals surface area contributed by atoms with Crippen molar-refractivity contribution in [2.45, 2.75) is 17.6 Å². The lowest BCUT2D eigenvalue weighted by atomic mass is 10.1. The monoisotopic (exact) mass is 288 g/mol. The Hall–Kier alpha value is -1.94. The van der Waals surface area contributed by atoms with Crippen LogP contribution >= 0.6 is 11.8 Å². The van der Waals surface area contributed by atoms with Gasteiger partial charge in [-0.3, -0.25) is 0 Å². The zero-order chi connectivity index (χ0) is 14.5. The number of ether oxygens (including phenoxy) is 1. The Labute approximate surface area is 122 Å². The number of carboxylic acid groups (broad SMARTS) is 1. The van der Waals surface area contributed by atoms with E-state index in [0.717, 1.165) is 27.5 Å². The van der Waals surface area contributed by atoms with Gasteiger partial charge in [0.1, 0.15) is 5.75 Å². The van der Waals surface area contributed by atoms with E-state index in [1.165, 1.54) is 0 Å². The van der Waals surface area contributed by atoms with E-state index in [2.05, 4.69) is 0 Å². The maximum Gasteiger partial charge on any atom is 0.335 e. The van der Waals surface area contributed by atoms with Gasteiger partial charge >= 0.3 is 5.97 Å². The molecule has 2 aromatic rings. The first kappa shape index (κ1) is 14.5. The molecule has 0 saturated carbocycles. The highest BCUT2D eigenvalue weighted by Gasteiger charge is 2.09. The molecule has 104 valence electrons. The molecular formula is C16H16O3S. The fraction of sp³-hybridized carbons (Fsp3) is 0.188. The zero-order valence-electron chi connectivity index (χ0n) is 11.4. The molecule has 0 fully saturated rings. The van der Waals surface area contributed by atoms with Crippen LogP contribution < -0.4 is 4.74 Å². The molecule has 0 radical (unpaired) electrons.